The van der Waals surface area contributed by atoms with Gasteiger partial charge in [0.1, 0.15) is 0 Å². The Morgan fingerprint density at radius 3 is 1.93 bits per heavy atom. The number of aromatic carboxylic acids is 1. The van der Waals surface area contributed by atoms with Crippen LogP contribution in [0.1, 0.15) is 21.5 Å². The minimum atomic E-state index is -3.81. The molecule has 0 saturated heterocycles. The Hall–Kier alpha value is -3.16. The van der Waals surface area contributed by atoms with Crippen LogP contribution in [0, 0.1) is 0 Å². The molecule has 0 aliphatic carbocycles. The molecule has 3 rings (SSSR count). The van der Waals surface area contributed by atoms with E-state index in [1.165, 1.54) is 18.2 Å². The maximum Gasteiger partial charge on any atom is 0.337 e. The van der Waals surface area contributed by atoms with Crippen molar-refractivity contribution in [2.45, 2.75) is 17.7 Å². The SMILES string of the molecule is O=C(O)c1cc(S(=O)(=O)NCCc2ccccc2)ccc1NCCc1ccccc1. The molecule has 0 bridgehead atoms. The second kappa shape index (κ2) is 10.0. The summed E-state index contributed by atoms with van der Waals surface area (Å²) in [6.45, 7) is 0.761. The average Bonchev–Trinajstić information content (AvgIpc) is 2.75. The van der Waals surface area contributed by atoms with Crippen molar-refractivity contribution < 1.29 is 18.3 Å². The second-order valence-electron chi connectivity index (χ2n) is 6.81. The van der Waals surface area contributed by atoms with Gasteiger partial charge in [0.05, 0.1) is 10.5 Å². The number of nitrogens with one attached hydrogen (secondary N) is 2. The normalized spacial score (nSPS) is 11.2. The van der Waals surface area contributed by atoms with E-state index < -0.39 is 16.0 Å². The van der Waals surface area contributed by atoms with Gasteiger partial charge in [-0.2, -0.15) is 0 Å². The van der Waals surface area contributed by atoms with E-state index in [0.29, 0.717) is 18.7 Å². The Morgan fingerprint density at radius 2 is 1.37 bits per heavy atom. The van der Waals surface area contributed by atoms with Crippen molar-refractivity contribution in [3.8, 4) is 0 Å². The highest BCUT2D eigenvalue weighted by atomic mass is 32.2. The van der Waals surface area contributed by atoms with Gasteiger partial charge in [-0.25, -0.2) is 17.9 Å². The first-order valence-corrected chi connectivity index (χ1v) is 11.1. The predicted molar refractivity (Wildman–Crippen MR) is 117 cm³/mol. The molecule has 0 atom stereocenters. The topological polar surface area (TPSA) is 95.5 Å². The number of hydrogen-bond acceptors (Lipinski definition) is 4. The molecule has 3 aromatic carbocycles. The van der Waals surface area contributed by atoms with Gasteiger partial charge >= 0.3 is 5.97 Å². The third-order valence-electron chi connectivity index (χ3n) is 4.65. The fourth-order valence-corrected chi connectivity index (χ4v) is 4.12. The van der Waals surface area contributed by atoms with Gasteiger partial charge in [0, 0.05) is 18.8 Å². The van der Waals surface area contributed by atoms with E-state index in [4.69, 9.17) is 0 Å². The number of anilines is 1. The lowest BCUT2D eigenvalue weighted by Gasteiger charge is -2.12. The number of carboxylic acids is 1. The van der Waals surface area contributed by atoms with E-state index >= 15 is 0 Å². The first-order valence-electron chi connectivity index (χ1n) is 9.64. The molecular formula is C23H24N2O4S. The summed E-state index contributed by atoms with van der Waals surface area (Å²) in [5.41, 5.74) is 2.46. The maximum absolute atomic E-state index is 12.6. The summed E-state index contributed by atoms with van der Waals surface area (Å²) in [5, 5.41) is 12.6. The number of rotatable bonds is 10. The lowest BCUT2D eigenvalue weighted by molar-refractivity contribution is 0.0697. The van der Waals surface area contributed by atoms with E-state index in [9.17, 15) is 18.3 Å². The molecule has 156 valence electrons. The number of hydrogen-bond donors (Lipinski definition) is 3. The molecule has 7 heteroatoms. The molecule has 30 heavy (non-hydrogen) atoms. The van der Waals surface area contributed by atoms with Crippen LogP contribution in [0.4, 0.5) is 5.69 Å². The third-order valence-corrected chi connectivity index (χ3v) is 6.11. The van der Waals surface area contributed by atoms with Gasteiger partial charge in [0.15, 0.2) is 0 Å². The van der Waals surface area contributed by atoms with Gasteiger partial charge < -0.3 is 10.4 Å². The second-order valence-corrected chi connectivity index (χ2v) is 8.58. The zero-order valence-electron chi connectivity index (χ0n) is 16.4. The van der Waals surface area contributed by atoms with Crippen LogP contribution in [0.3, 0.4) is 0 Å². The monoisotopic (exact) mass is 424 g/mol. The van der Waals surface area contributed by atoms with Crippen LogP contribution < -0.4 is 10.0 Å². The van der Waals surface area contributed by atoms with Crippen molar-refractivity contribution in [2.24, 2.45) is 0 Å². The Balaban J connectivity index is 1.66. The Bertz CT molecular complexity index is 1080. The zero-order chi connectivity index (χ0) is 21.4. The fourth-order valence-electron chi connectivity index (χ4n) is 3.07. The molecule has 0 aliphatic heterocycles. The number of carbonyl (C=O) groups is 1. The highest BCUT2D eigenvalue weighted by Crippen LogP contribution is 2.21. The molecule has 0 aliphatic rings. The molecule has 6 nitrogen and oxygen atoms in total. The Kier molecular flexibility index (Phi) is 7.21. The van der Waals surface area contributed by atoms with E-state index in [1.54, 1.807) is 0 Å². The summed E-state index contributed by atoms with van der Waals surface area (Å²) < 4.78 is 27.7. The summed E-state index contributed by atoms with van der Waals surface area (Å²) in [4.78, 5) is 11.6. The molecule has 3 aromatic rings. The first kappa shape index (κ1) is 21.5. The van der Waals surface area contributed by atoms with Gasteiger partial charge in [-0.1, -0.05) is 60.7 Å². The Morgan fingerprint density at radius 1 is 0.800 bits per heavy atom. The van der Waals surface area contributed by atoms with Crippen molar-refractivity contribution in [3.63, 3.8) is 0 Å². The summed E-state index contributed by atoms with van der Waals surface area (Å²) in [7, 11) is -3.81. The summed E-state index contributed by atoms with van der Waals surface area (Å²) in [5.74, 6) is -1.18. The summed E-state index contributed by atoms with van der Waals surface area (Å²) in [6.07, 6.45) is 1.27. The van der Waals surface area contributed by atoms with Crippen LogP contribution >= 0.6 is 0 Å². The van der Waals surface area contributed by atoms with Crippen LogP contribution in [-0.4, -0.2) is 32.6 Å². The van der Waals surface area contributed by atoms with Gasteiger partial charge in [-0.3, -0.25) is 0 Å². The molecule has 0 unspecified atom stereocenters. The van der Waals surface area contributed by atoms with E-state index in [1.807, 2.05) is 60.7 Å². The van der Waals surface area contributed by atoms with Crippen molar-refractivity contribution in [2.75, 3.05) is 18.4 Å². The van der Waals surface area contributed by atoms with Crippen LogP contribution in [0.15, 0.2) is 83.8 Å². The minimum absolute atomic E-state index is 0.0680. The lowest BCUT2D eigenvalue weighted by Crippen LogP contribution is -2.26. The summed E-state index contributed by atoms with van der Waals surface area (Å²) >= 11 is 0. The smallest absolute Gasteiger partial charge is 0.337 e. The number of benzene rings is 3. The van der Waals surface area contributed by atoms with Crippen LogP contribution in [0.5, 0.6) is 0 Å². The van der Waals surface area contributed by atoms with E-state index in [2.05, 4.69) is 10.0 Å². The minimum Gasteiger partial charge on any atom is -0.478 e. The molecule has 0 saturated carbocycles. The van der Waals surface area contributed by atoms with Gasteiger partial charge in [0.25, 0.3) is 0 Å². The van der Waals surface area contributed by atoms with Crippen molar-refractivity contribution in [1.82, 2.24) is 4.72 Å². The van der Waals surface area contributed by atoms with Crippen LogP contribution in [0.25, 0.3) is 0 Å². The standard InChI is InChI=1S/C23H24N2O4S/c26-23(27)21-17-20(30(28,29)25-16-14-19-9-5-2-6-10-19)11-12-22(21)24-15-13-18-7-3-1-4-8-18/h1-12,17,24-25H,13-16H2,(H,26,27). The van der Waals surface area contributed by atoms with Crippen LogP contribution in [-0.2, 0) is 22.9 Å². The zero-order valence-corrected chi connectivity index (χ0v) is 17.2. The van der Waals surface area contributed by atoms with Gasteiger partial charge in [0.2, 0.25) is 10.0 Å². The molecule has 0 fully saturated rings. The van der Waals surface area contributed by atoms with Gasteiger partial charge in [-0.05, 0) is 42.2 Å². The molecule has 0 amide bonds. The average molecular weight is 425 g/mol. The number of carboxylic acid groups (broad SMARTS) is 1. The van der Waals surface area contributed by atoms with Gasteiger partial charge in [-0.15, -0.1) is 0 Å². The van der Waals surface area contributed by atoms with Crippen molar-refractivity contribution >= 4 is 21.7 Å². The fraction of sp³-hybridized carbons (Fsp3) is 0.174. The molecule has 0 heterocycles. The van der Waals surface area contributed by atoms with Crippen molar-refractivity contribution in [3.05, 3.63) is 95.6 Å². The molecular weight excluding hydrogens is 400 g/mol. The van der Waals surface area contributed by atoms with Crippen LogP contribution in [0.2, 0.25) is 0 Å². The molecule has 3 N–H and O–H groups in total. The van der Waals surface area contributed by atoms with Crippen molar-refractivity contribution in [1.29, 1.82) is 0 Å². The molecule has 0 spiro atoms. The maximum atomic E-state index is 12.6. The predicted octanol–water partition coefficient (Wildman–Crippen LogP) is 3.56. The molecule has 0 radical (unpaired) electrons. The van der Waals surface area contributed by atoms with E-state index in [0.717, 1.165) is 17.5 Å². The number of sulfonamides is 1. The van der Waals surface area contributed by atoms with E-state index in [-0.39, 0.29) is 17.0 Å². The third kappa shape index (κ3) is 5.92. The largest absolute Gasteiger partial charge is 0.478 e. The highest BCUT2D eigenvalue weighted by Gasteiger charge is 2.18. The summed E-state index contributed by atoms with van der Waals surface area (Å²) in [6, 6.07) is 23.5. The highest BCUT2D eigenvalue weighted by molar-refractivity contribution is 7.89. The Labute approximate surface area is 176 Å². The molecule has 0 aromatic heterocycles. The first-order chi connectivity index (χ1) is 14.5. The lowest BCUT2D eigenvalue weighted by atomic mass is 10.1. The quantitative estimate of drug-likeness (QED) is 0.463.